The number of carbonyl (C=O) groups excluding carboxylic acids is 1. The van der Waals surface area contributed by atoms with Crippen molar-refractivity contribution in [2.75, 3.05) is 0 Å². The molecule has 0 atom stereocenters. The molecule has 5 nitrogen and oxygen atoms in total. The summed E-state index contributed by atoms with van der Waals surface area (Å²) in [5, 5.41) is 6.70. The maximum Gasteiger partial charge on any atom is 0.416 e. The summed E-state index contributed by atoms with van der Waals surface area (Å²) < 4.78 is 75.9. The maximum absolute atomic E-state index is 12.5. The lowest BCUT2D eigenvalue weighted by Crippen LogP contribution is -2.25. The molecule has 29 heavy (non-hydrogen) atoms. The second-order valence-electron chi connectivity index (χ2n) is 6.30. The van der Waals surface area contributed by atoms with Gasteiger partial charge in [0.05, 0.1) is 42.1 Å². The van der Waals surface area contributed by atoms with Gasteiger partial charge in [-0.1, -0.05) is 12.1 Å². The topological polar surface area (TPSA) is 59.8 Å². The molecular weight excluding hydrogens is 402 g/mol. The van der Waals surface area contributed by atoms with Crippen molar-refractivity contribution < 1.29 is 31.1 Å². The summed E-state index contributed by atoms with van der Waals surface area (Å²) in [5.41, 5.74) is 0.226. The molecule has 0 aliphatic carbocycles. The highest BCUT2D eigenvalue weighted by atomic mass is 19.4. The molecule has 0 saturated heterocycles. The maximum atomic E-state index is 12.5. The number of carbonyl (C=O) groups is 1. The summed E-state index contributed by atoms with van der Waals surface area (Å²) >= 11 is 0. The highest BCUT2D eigenvalue weighted by molar-refractivity contribution is 5.79. The number of hydrogen-bond acceptors (Lipinski definition) is 3. The van der Waals surface area contributed by atoms with Crippen molar-refractivity contribution in [3.05, 3.63) is 59.5 Å². The number of nitrogens with zero attached hydrogens (tertiary/aromatic N) is 3. The van der Waals surface area contributed by atoms with Crippen LogP contribution in [0.25, 0.3) is 10.9 Å². The van der Waals surface area contributed by atoms with E-state index >= 15 is 0 Å². The molecule has 0 spiro atoms. The summed E-state index contributed by atoms with van der Waals surface area (Å²) in [6, 6.07) is 5.75. The predicted molar refractivity (Wildman–Crippen MR) is 90.6 cm³/mol. The van der Waals surface area contributed by atoms with Crippen molar-refractivity contribution >= 4 is 16.8 Å². The zero-order chi connectivity index (χ0) is 21.2. The minimum atomic E-state index is -4.45. The highest BCUT2D eigenvalue weighted by Crippen LogP contribution is 2.29. The Morgan fingerprint density at radius 2 is 1.72 bits per heavy atom. The van der Waals surface area contributed by atoms with Crippen LogP contribution in [0.15, 0.2) is 42.7 Å². The summed E-state index contributed by atoms with van der Waals surface area (Å²) in [7, 11) is 0. The van der Waals surface area contributed by atoms with Gasteiger partial charge in [0.25, 0.3) is 0 Å². The molecule has 0 bridgehead atoms. The highest BCUT2D eigenvalue weighted by Gasteiger charge is 2.30. The molecule has 0 fully saturated rings. The Kier molecular flexibility index (Phi) is 5.49. The van der Waals surface area contributed by atoms with E-state index in [-0.39, 0.29) is 18.5 Å². The summed E-state index contributed by atoms with van der Waals surface area (Å²) in [6.45, 7) is -1.22. The average molecular weight is 416 g/mol. The Balaban J connectivity index is 1.59. The fourth-order valence-electron chi connectivity index (χ4n) is 2.66. The zero-order valence-electron chi connectivity index (χ0n) is 14.7. The van der Waals surface area contributed by atoms with Crippen LogP contribution in [-0.4, -0.2) is 26.8 Å². The Morgan fingerprint density at radius 3 is 2.34 bits per heavy atom. The second-order valence-corrected chi connectivity index (χ2v) is 6.30. The Morgan fingerprint density at radius 1 is 1.03 bits per heavy atom. The molecule has 0 saturated carbocycles. The number of halogens is 6. The number of alkyl halides is 6. The van der Waals surface area contributed by atoms with Crippen molar-refractivity contribution in [3.63, 3.8) is 0 Å². The van der Waals surface area contributed by atoms with Gasteiger partial charge in [-0.2, -0.15) is 31.4 Å². The van der Waals surface area contributed by atoms with E-state index in [2.05, 4.69) is 15.4 Å². The van der Waals surface area contributed by atoms with Crippen LogP contribution in [0.2, 0.25) is 0 Å². The van der Waals surface area contributed by atoms with Gasteiger partial charge in [-0.05, 0) is 23.8 Å². The normalized spacial score (nSPS) is 12.3. The van der Waals surface area contributed by atoms with Gasteiger partial charge in [0.1, 0.15) is 6.54 Å². The molecule has 0 aliphatic rings. The molecule has 0 radical (unpaired) electrons. The minimum absolute atomic E-state index is 0.0137. The summed E-state index contributed by atoms with van der Waals surface area (Å²) in [5.74, 6) is -0.431. The molecule has 2 heterocycles. The third kappa shape index (κ3) is 5.46. The Bertz CT molecular complexity index is 1010. The number of fused-ring (bicyclic) bond motifs is 1. The largest absolute Gasteiger partial charge is 0.416 e. The van der Waals surface area contributed by atoms with E-state index in [0.29, 0.717) is 16.6 Å². The van der Waals surface area contributed by atoms with Crippen LogP contribution >= 0.6 is 0 Å². The fraction of sp³-hybridized carbons (Fsp3) is 0.278. The molecule has 0 unspecified atom stereocenters. The minimum Gasteiger partial charge on any atom is -0.350 e. The number of amides is 1. The van der Waals surface area contributed by atoms with E-state index in [0.717, 1.165) is 16.8 Å². The van der Waals surface area contributed by atoms with E-state index in [1.165, 1.54) is 30.6 Å². The van der Waals surface area contributed by atoms with E-state index in [9.17, 15) is 31.1 Å². The zero-order valence-corrected chi connectivity index (χ0v) is 14.7. The van der Waals surface area contributed by atoms with E-state index in [1.54, 1.807) is 0 Å². The quantitative estimate of drug-likeness (QED) is 0.643. The van der Waals surface area contributed by atoms with Crippen LogP contribution in [0, 0.1) is 0 Å². The van der Waals surface area contributed by atoms with Gasteiger partial charge in [0.2, 0.25) is 5.91 Å². The predicted octanol–water partition coefficient (Wildman–Crippen LogP) is 3.87. The van der Waals surface area contributed by atoms with Crippen LogP contribution in [0.1, 0.15) is 16.8 Å². The Labute approximate surface area is 160 Å². The van der Waals surface area contributed by atoms with Crippen molar-refractivity contribution in [1.29, 1.82) is 0 Å². The van der Waals surface area contributed by atoms with Crippen LogP contribution in [0.4, 0.5) is 26.3 Å². The molecule has 1 N–H and O–H groups in total. The SMILES string of the molecule is O=C(Cc1ccc(C(F)(F)F)cc1)NCc1cc2cnn(CC(F)(F)F)c2cn1. The fourth-order valence-corrected chi connectivity index (χ4v) is 2.66. The van der Waals surface area contributed by atoms with E-state index < -0.39 is 30.4 Å². The number of pyridine rings is 1. The number of aromatic nitrogens is 3. The molecule has 11 heteroatoms. The van der Waals surface area contributed by atoms with Gasteiger partial charge in [0, 0.05) is 5.39 Å². The van der Waals surface area contributed by atoms with Crippen LogP contribution in [0.3, 0.4) is 0 Å². The lowest BCUT2D eigenvalue weighted by molar-refractivity contribution is -0.142. The summed E-state index contributed by atoms with van der Waals surface area (Å²) in [4.78, 5) is 16.0. The third-order valence-electron chi connectivity index (χ3n) is 4.03. The molecule has 154 valence electrons. The molecular formula is C18H14F6N4O. The van der Waals surface area contributed by atoms with Crippen molar-refractivity contribution in [1.82, 2.24) is 20.1 Å². The van der Waals surface area contributed by atoms with Crippen LogP contribution in [-0.2, 0) is 30.5 Å². The Hall–Kier alpha value is -3.11. The van der Waals surface area contributed by atoms with Gasteiger partial charge in [-0.25, -0.2) is 0 Å². The monoisotopic (exact) mass is 416 g/mol. The van der Waals surface area contributed by atoms with Crippen LogP contribution < -0.4 is 5.32 Å². The van der Waals surface area contributed by atoms with Crippen molar-refractivity contribution in [2.24, 2.45) is 0 Å². The number of hydrogen-bond donors (Lipinski definition) is 1. The van der Waals surface area contributed by atoms with Gasteiger partial charge >= 0.3 is 12.4 Å². The first-order chi connectivity index (χ1) is 13.5. The molecule has 3 aromatic rings. The van der Waals surface area contributed by atoms with Gasteiger partial charge < -0.3 is 5.32 Å². The second kappa shape index (κ2) is 7.72. The molecule has 3 rings (SSSR count). The van der Waals surface area contributed by atoms with E-state index in [4.69, 9.17) is 0 Å². The molecule has 2 aromatic heterocycles. The van der Waals surface area contributed by atoms with Gasteiger partial charge in [-0.15, -0.1) is 0 Å². The van der Waals surface area contributed by atoms with Crippen molar-refractivity contribution in [3.8, 4) is 0 Å². The summed E-state index contributed by atoms with van der Waals surface area (Å²) in [6.07, 6.45) is -6.46. The van der Waals surface area contributed by atoms with Crippen molar-refractivity contribution in [2.45, 2.75) is 31.9 Å². The number of rotatable bonds is 5. The number of nitrogens with one attached hydrogen (secondary N) is 1. The number of benzene rings is 1. The average Bonchev–Trinajstić information content (AvgIpc) is 3.00. The van der Waals surface area contributed by atoms with Crippen LogP contribution in [0.5, 0.6) is 0 Å². The first-order valence-corrected chi connectivity index (χ1v) is 8.31. The van der Waals surface area contributed by atoms with E-state index in [1.807, 2.05) is 0 Å². The molecule has 1 amide bonds. The smallest absolute Gasteiger partial charge is 0.350 e. The standard InChI is InChI=1S/C18H14F6N4O/c19-17(20,21)10-28-15-9-25-14(6-12(15)7-27-28)8-26-16(29)5-11-1-3-13(4-2-11)18(22,23)24/h1-4,6-7,9H,5,8,10H2,(H,26,29). The molecule has 1 aromatic carbocycles. The lowest BCUT2D eigenvalue weighted by Gasteiger charge is -2.09. The first-order valence-electron chi connectivity index (χ1n) is 8.31. The third-order valence-corrected chi connectivity index (χ3v) is 4.03. The molecule has 0 aliphatic heterocycles. The van der Waals surface area contributed by atoms with Gasteiger partial charge in [0.15, 0.2) is 0 Å². The van der Waals surface area contributed by atoms with Gasteiger partial charge in [-0.3, -0.25) is 14.5 Å². The lowest BCUT2D eigenvalue weighted by atomic mass is 10.1. The first kappa shape index (κ1) is 20.6.